The molecule has 22 heavy (non-hydrogen) atoms. The van der Waals surface area contributed by atoms with E-state index in [0.717, 1.165) is 43.7 Å². The number of aromatic amines is 1. The van der Waals surface area contributed by atoms with Crippen LogP contribution in [-0.4, -0.2) is 57.9 Å². The van der Waals surface area contributed by atoms with Crippen molar-refractivity contribution in [1.29, 1.82) is 0 Å². The second-order valence-corrected chi connectivity index (χ2v) is 6.68. The van der Waals surface area contributed by atoms with E-state index in [4.69, 9.17) is 0 Å². The van der Waals surface area contributed by atoms with Crippen LogP contribution in [0.4, 0.5) is 0 Å². The summed E-state index contributed by atoms with van der Waals surface area (Å²) in [7, 11) is 0. The molecule has 3 heterocycles. The van der Waals surface area contributed by atoms with E-state index in [2.05, 4.69) is 19.8 Å². The smallest absolute Gasteiger partial charge is 0.222 e. The zero-order valence-corrected chi connectivity index (χ0v) is 13.7. The second kappa shape index (κ2) is 7.27. The average molecular weight is 304 g/mol. The Morgan fingerprint density at radius 3 is 2.59 bits per heavy atom. The Hall–Kier alpha value is -1.36. The van der Waals surface area contributed by atoms with Crippen LogP contribution in [0.25, 0.3) is 0 Å². The van der Waals surface area contributed by atoms with Crippen LogP contribution in [-0.2, 0) is 11.2 Å². The lowest BCUT2D eigenvalue weighted by Gasteiger charge is -2.40. The number of H-pyrrole nitrogens is 1. The molecule has 0 atom stereocenters. The van der Waals surface area contributed by atoms with Crippen LogP contribution >= 0.6 is 0 Å². The van der Waals surface area contributed by atoms with Crippen LogP contribution in [0.5, 0.6) is 0 Å². The molecule has 3 rings (SSSR count). The molecule has 0 radical (unpaired) electrons. The van der Waals surface area contributed by atoms with Crippen LogP contribution in [0, 0.1) is 6.92 Å². The Morgan fingerprint density at radius 1 is 1.23 bits per heavy atom. The van der Waals surface area contributed by atoms with Gasteiger partial charge in [-0.3, -0.25) is 4.79 Å². The molecular weight excluding hydrogens is 276 g/mol. The van der Waals surface area contributed by atoms with Crippen LogP contribution in [0.15, 0.2) is 6.33 Å². The number of aryl methyl sites for hydroxylation is 2. The standard InChI is InChI=1S/C17H28N4O/c1-14-16(19-13-18-14)5-6-17(22)21-11-7-15(8-12-21)20-9-3-2-4-10-20/h13,15H,2-12H2,1H3,(H,18,19). The van der Waals surface area contributed by atoms with Gasteiger partial charge in [0, 0.05) is 37.7 Å². The van der Waals surface area contributed by atoms with Crippen molar-refractivity contribution in [1.82, 2.24) is 19.8 Å². The molecule has 122 valence electrons. The molecule has 0 aliphatic carbocycles. The molecule has 2 saturated heterocycles. The van der Waals surface area contributed by atoms with Gasteiger partial charge in [0.25, 0.3) is 0 Å². The fourth-order valence-electron chi connectivity index (χ4n) is 3.79. The van der Waals surface area contributed by atoms with Gasteiger partial charge in [-0.05, 0) is 45.7 Å². The topological polar surface area (TPSA) is 52.2 Å². The molecule has 1 aromatic rings. The first-order valence-electron chi connectivity index (χ1n) is 8.74. The fraction of sp³-hybridized carbons (Fsp3) is 0.765. The van der Waals surface area contributed by atoms with Gasteiger partial charge in [-0.1, -0.05) is 6.42 Å². The van der Waals surface area contributed by atoms with E-state index in [9.17, 15) is 4.79 Å². The van der Waals surface area contributed by atoms with Crippen LogP contribution in [0.1, 0.15) is 49.9 Å². The first-order valence-corrected chi connectivity index (χ1v) is 8.74. The highest BCUT2D eigenvalue weighted by Crippen LogP contribution is 2.21. The number of carbonyl (C=O) groups is 1. The molecular formula is C17H28N4O. The minimum atomic E-state index is 0.291. The summed E-state index contributed by atoms with van der Waals surface area (Å²) in [4.78, 5) is 24.4. The Kier molecular flexibility index (Phi) is 5.13. The molecule has 1 aromatic heterocycles. The second-order valence-electron chi connectivity index (χ2n) is 6.68. The number of hydrogen-bond donors (Lipinski definition) is 1. The van der Waals surface area contributed by atoms with Crippen LogP contribution in [0.3, 0.4) is 0 Å². The first kappa shape index (κ1) is 15.5. The summed E-state index contributed by atoms with van der Waals surface area (Å²) in [5.74, 6) is 0.291. The van der Waals surface area contributed by atoms with Gasteiger partial charge in [0.2, 0.25) is 5.91 Å². The number of piperidine rings is 2. The molecule has 5 heteroatoms. The van der Waals surface area contributed by atoms with Crippen molar-refractivity contribution < 1.29 is 4.79 Å². The van der Waals surface area contributed by atoms with E-state index in [1.807, 2.05) is 6.92 Å². The molecule has 0 spiro atoms. The molecule has 1 amide bonds. The van der Waals surface area contributed by atoms with E-state index in [1.165, 1.54) is 32.4 Å². The maximum absolute atomic E-state index is 12.4. The predicted octanol–water partition coefficient (Wildman–Crippen LogP) is 2.13. The summed E-state index contributed by atoms with van der Waals surface area (Å²) in [6, 6.07) is 0.706. The highest BCUT2D eigenvalue weighted by atomic mass is 16.2. The summed E-state index contributed by atoms with van der Waals surface area (Å²) < 4.78 is 0. The Bertz CT molecular complexity index is 485. The maximum Gasteiger partial charge on any atom is 0.222 e. The third-order valence-corrected chi connectivity index (χ3v) is 5.23. The number of rotatable bonds is 4. The van der Waals surface area contributed by atoms with Gasteiger partial charge >= 0.3 is 0 Å². The lowest BCUT2D eigenvalue weighted by atomic mass is 9.99. The molecule has 2 aliphatic heterocycles. The van der Waals surface area contributed by atoms with Crippen molar-refractivity contribution in [3.8, 4) is 0 Å². The van der Waals surface area contributed by atoms with Crippen molar-refractivity contribution in [2.75, 3.05) is 26.2 Å². The quantitative estimate of drug-likeness (QED) is 0.927. The number of nitrogens with one attached hydrogen (secondary N) is 1. The number of hydrogen-bond acceptors (Lipinski definition) is 3. The molecule has 2 fully saturated rings. The fourth-order valence-corrected chi connectivity index (χ4v) is 3.79. The number of nitrogens with zero attached hydrogens (tertiary/aromatic N) is 3. The van der Waals surface area contributed by atoms with Gasteiger partial charge in [-0.2, -0.15) is 0 Å². The van der Waals surface area contributed by atoms with Crippen LogP contribution in [0.2, 0.25) is 0 Å². The number of carbonyl (C=O) groups excluding carboxylic acids is 1. The third kappa shape index (κ3) is 3.69. The summed E-state index contributed by atoms with van der Waals surface area (Å²) >= 11 is 0. The van der Waals surface area contributed by atoms with E-state index < -0.39 is 0 Å². The SMILES string of the molecule is Cc1[nH]cnc1CCC(=O)N1CCC(N2CCCCC2)CC1. The van der Waals surface area contributed by atoms with E-state index in [0.29, 0.717) is 18.4 Å². The van der Waals surface area contributed by atoms with Crippen molar-refractivity contribution in [2.45, 2.75) is 57.9 Å². The highest BCUT2D eigenvalue weighted by Gasteiger charge is 2.27. The summed E-state index contributed by atoms with van der Waals surface area (Å²) in [5.41, 5.74) is 2.10. The zero-order chi connectivity index (χ0) is 15.4. The van der Waals surface area contributed by atoms with Crippen LogP contribution < -0.4 is 0 Å². The Labute approximate surface area is 133 Å². The molecule has 0 bridgehead atoms. The lowest BCUT2D eigenvalue weighted by molar-refractivity contribution is -0.132. The highest BCUT2D eigenvalue weighted by molar-refractivity contribution is 5.76. The zero-order valence-electron chi connectivity index (χ0n) is 13.7. The normalized spacial score (nSPS) is 21.2. The minimum Gasteiger partial charge on any atom is -0.348 e. The molecule has 2 aliphatic rings. The van der Waals surface area contributed by atoms with Crippen molar-refractivity contribution in [3.05, 3.63) is 17.7 Å². The predicted molar refractivity (Wildman–Crippen MR) is 86.7 cm³/mol. The van der Waals surface area contributed by atoms with Gasteiger partial charge in [0.05, 0.1) is 12.0 Å². The Balaban J connectivity index is 1.42. The van der Waals surface area contributed by atoms with Crippen molar-refractivity contribution in [2.24, 2.45) is 0 Å². The monoisotopic (exact) mass is 304 g/mol. The van der Waals surface area contributed by atoms with Crippen molar-refractivity contribution in [3.63, 3.8) is 0 Å². The number of amides is 1. The number of imidazole rings is 1. The first-order chi connectivity index (χ1) is 10.7. The minimum absolute atomic E-state index is 0.291. The molecule has 0 saturated carbocycles. The van der Waals surface area contributed by atoms with Gasteiger partial charge < -0.3 is 14.8 Å². The summed E-state index contributed by atoms with van der Waals surface area (Å²) in [5, 5.41) is 0. The third-order valence-electron chi connectivity index (χ3n) is 5.23. The lowest BCUT2D eigenvalue weighted by Crippen LogP contribution is -2.48. The van der Waals surface area contributed by atoms with Gasteiger partial charge in [0.15, 0.2) is 0 Å². The number of likely N-dealkylation sites (tertiary alicyclic amines) is 2. The van der Waals surface area contributed by atoms with Gasteiger partial charge in [-0.25, -0.2) is 4.98 Å². The van der Waals surface area contributed by atoms with Crippen molar-refractivity contribution >= 4 is 5.91 Å². The summed E-state index contributed by atoms with van der Waals surface area (Å²) in [6.45, 7) is 6.39. The van der Waals surface area contributed by atoms with Gasteiger partial charge in [0.1, 0.15) is 0 Å². The van der Waals surface area contributed by atoms with Gasteiger partial charge in [-0.15, -0.1) is 0 Å². The maximum atomic E-state index is 12.4. The van der Waals surface area contributed by atoms with E-state index in [-0.39, 0.29) is 0 Å². The van der Waals surface area contributed by atoms with E-state index >= 15 is 0 Å². The van der Waals surface area contributed by atoms with E-state index in [1.54, 1.807) is 6.33 Å². The molecule has 1 N–H and O–H groups in total. The summed E-state index contributed by atoms with van der Waals surface area (Å²) in [6.07, 6.45) is 9.42. The average Bonchev–Trinajstić information content (AvgIpc) is 2.99. The molecule has 0 aromatic carbocycles. The molecule has 0 unspecified atom stereocenters. The largest absolute Gasteiger partial charge is 0.348 e. The molecule has 5 nitrogen and oxygen atoms in total. The number of aromatic nitrogens is 2. The Morgan fingerprint density at radius 2 is 1.95 bits per heavy atom.